The van der Waals surface area contributed by atoms with Gasteiger partial charge in [0.25, 0.3) is 0 Å². The van der Waals surface area contributed by atoms with E-state index in [1.165, 1.54) is 52.8 Å². The second-order valence-corrected chi connectivity index (χ2v) is 25.4. The van der Waals surface area contributed by atoms with Crippen molar-refractivity contribution in [2.75, 3.05) is 0 Å². The topological polar surface area (TPSA) is 25.8 Å². The molecule has 49 heavy (non-hydrogen) atoms. The molecule has 249 valence electrons. The van der Waals surface area contributed by atoms with Crippen LogP contribution in [0, 0.1) is 23.9 Å². The summed E-state index contributed by atoms with van der Waals surface area (Å²) in [5.74, 6) is 7.90. The van der Waals surface area contributed by atoms with Crippen molar-refractivity contribution in [1.29, 1.82) is 0 Å². The van der Waals surface area contributed by atoms with Crippen LogP contribution in [-0.4, -0.2) is 23.2 Å². The van der Waals surface area contributed by atoms with Gasteiger partial charge in [-0.15, -0.1) is 23.8 Å². The smallest absolute Gasteiger partial charge is 0 e. The molecule has 0 spiro atoms. The number of hydrogen-bond acceptors (Lipinski definition) is 3. The Labute approximate surface area is 309 Å². The van der Waals surface area contributed by atoms with E-state index in [4.69, 9.17) is 4.98 Å². The Hall–Kier alpha value is -3.48. The van der Waals surface area contributed by atoms with E-state index in [-0.39, 0.29) is 25.9 Å². The third-order valence-electron chi connectivity index (χ3n) is 9.26. The first kappa shape index (κ1) is 35.4. The molecule has 0 unspecified atom stereocenters. The standard InChI is InChI=1S/C23H19FNS.C20H20GeN.Ir/c24-19-6-3-7-22-23(19)18-14-17(8-9-21(18)26-22)20-13-16(10-11-25-20)12-15-4-1-2-5-15;1-21(2,3)19-15-22-20(17-12-8-5-9-13-17)14-18(19)16-10-6-4-7-11-16;/h3,6-7,9-11,13-15H,1-2,4-5,12H2;4-12,14-15H,1-3H3;/q2*-1;. The van der Waals surface area contributed by atoms with Gasteiger partial charge in [0, 0.05) is 36.4 Å². The number of rotatable bonds is 6. The van der Waals surface area contributed by atoms with Crippen molar-refractivity contribution in [2.45, 2.75) is 49.4 Å². The average molecular weight is 900 g/mol. The van der Waals surface area contributed by atoms with Gasteiger partial charge >= 0.3 is 135 Å². The Morgan fingerprint density at radius 3 is 2.33 bits per heavy atom. The molecule has 8 rings (SSSR count). The molecule has 0 bridgehead atoms. The third kappa shape index (κ3) is 8.13. The number of fused-ring (bicyclic) bond motifs is 3. The van der Waals surface area contributed by atoms with Crippen molar-refractivity contribution in [3.8, 4) is 33.6 Å². The van der Waals surface area contributed by atoms with E-state index >= 15 is 0 Å². The fourth-order valence-corrected chi connectivity index (χ4v) is 11.0. The minimum atomic E-state index is -1.99. The van der Waals surface area contributed by atoms with E-state index in [9.17, 15) is 4.39 Å². The van der Waals surface area contributed by atoms with Crippen LogP contribution in [0.2, 0.25) is 17.3 Å². The van der Waals surface area contributed by atoms with Gasteiger partial charge in [-0.25, -0.2) is 4.39 Å². The summed E-state index contributed by atoms with van der Waals surface area (Å²) in [7, 11) is 0. The number of halogens is 1. The SMILES string of the molecule is Fc1cccc2sc3c[c-]c(-c4cc(CC5CCCC5)ccn4)cc3c12.[CH3][Ge]([CH3])([CH3])[c]1cnc(-c2[c-]cccc2)cc1-c1ccccc1.[Ir]. The Morgan fingerprint density at radius 2 is 1.57 bits per heavy atom. The van der Waals surface area contributed by atoms with Crippen molar-refractivity contribution in [3.05, 3.63) is 139 Å². The molecular formula is C43H39FGeIrN2S-2. The van der Waals surface area contributed by atoms with Gasteiger partial charge in [-0.05, 0) is 40.9 Å². The fraction of sp³-hybridized carbons (Fsp3) is 0.209. The van der Waals surface area contributed by atoms with Gasteiger partial charge in [0.05, 0.1) is 0 Å². The first-order valence-corrected chi connectivity index (χ1v) is 25.0. The minimum absolute atomic E-state index is 0. The third-order valence-corrected chi connectivity index (χ3v) is 14.6. The van der Waals surface area contributed by atoms with Crippen LogP contribution in [0.15, 0.2) is 116 Å². The first-order chi connectivity index (χ1) is 23.3. The molecule has 3 aromatic heterocycles. The van der Waals surface area contributed by atoms with Gasteiger partial charge in [0.1, 0.15) is 5.82 Å². The largest absolute Gasteiger partial charge is 0 e. The van der Waals surface area contributed by atoms with Crippen LogP contribution in [0.3, 0.4) is 0 Å². The maximum absolute atomic E-state index is 14.4. The molecule has 7 aromatic rings. The summed E-state index contributed by atoms with van der Waals surface area (Å²) in [6, 6.07) is 41.1. The van der Waals surface area contributed by atoms with Crippen LogP contribution in [0.1, 0.15) is 31.2 Å². The van der Waals surface area contributed by atoms with E-state index in [1.807, 2.05) is 42.6 Å². The van der Waals surface area contributed by atoms with E-state index in [2.05, 4.69) is 95.2 Å². The predicted octanol–water partition coefficient (Wildman–Crippen LogP) is 11.5. The number of thiophene rings is 1. The second-order valence-electron chi connectivity index (χ2n) is 13.8. The second kappa shape index (κ2) is 15.6. The Kier molecular flexibility index (Phi) is 11.3. The number of nitrogens with zero attached hydrogens (tertiary/aromatic N) is 2. The summed E-state index contributed by atoms with van der Waals surface area (Å²) in [6.45, 7) is 0. The van der Waals surface area contributed by atoms with Crippen molar-refractivity contribution in [1.82, 2.24) is 9.97 Å². The van der Waals surface area contributed by atoms with E-state index < -0.39 is 13.3 Å². The van der Waals surface area contributed by atoms with Crippen LogP contribution in [0.4, 0.5) is 4.39 Å². The van der Waals surface area contributed by atoms with Crippen molar-refractivity contribution >= 4 is 49.2 Å². The molecule has 3 heterocycles. The summed E-state index contributed by atoms with van der Waals surface area (Å²) in [6.07, 6.45) is 10.5. The molecule has 1 radical (unpaired) electrons. The van der Waals surface area contributed by atoms with Crippen LogP contribution in [-0.2, 0) is 26.5 Å². The van der Waals surface area contributed by atoms with Crippen molar-refractivity contribution in [3.63, 3.8) is 0 Å². The molecule has 0 N–H and O–H groups in total. The fourth-order valence-electron chi connectivity index (χ4n) is 6.78. The van der Waals surface area contributed by atoms with Gasteiger partial charge in [-0.2, -0.15) is 11.3 Å². The van der Waals surface area contributed by atoms with Crippen molar-refractivity contribution in [2.24, 2.45) is 5.92 Å². The Morgan fingerprint density at radius 1 is 0.796 bits per heavy atom. The van der Waals surface area contributed by atoms with Gasteiger partial charge < -0.3 is 4.98 Å². The van der Waals surface area contributed by atoms with Crippen LogP contribution in [0.25, 0.3) is 53.8 Å². The monoisotopic (exact) mass is 901 g/mol. The number of hydrogen-bond donors (Lipinski definition) is 0. The Balaban J connectivity index is 0.000000169. The van der Waals surface area contributed by atoms with Crippen LogP contribution in [0.5, 0.6) is 0 Å². The molecule has 4 aromatic carbocycles. The maximum atomic E-state index is 14.4. The molecule has 1 aliphatic rings. The van der Waals surface area contributed by atoms with Gasteiger partial charge in [0.15, 0.2) is 0 Å². The summed E-state index contributed by atoms with van der Waals surface area (Å²) in [5.41, 5.74) is 7.86. The molecule has 1 saturated carbocycles. The summed E-state index contributed by atoms with van der Waals surface area (Å²) >= 11 is -0.373. The molecule has 1 aliphatic carbocycles. The first-order valence-electron chi connectivity index (χ1n) is 16.8. The zero-order valence-electron chi connectivity index (χ0n) is 28.1. The molecule has 6 heteroatoms. The summed E-state index contributed by atoms with van der Waals surface area (Å²) in [5, 5.41) is 1.67. The zero-order chi connectivity index (χ0) is 33.1. The molecule has 2 nitrogen and oxygen atoms in total. The van der Waals surface area contributed by atoms with Gasteiger partial charge in [0.2, 0.25) is 0 Å². The molecule has 0 atom stereocenters. The predicted molar refractivity (Wildman–Crippen MR) is 204 cm³/mol. The van der Waals surface area contributed by atoms with Crippen LogP contribution < -0.4 is 4.40 Å². The van der Waals surface area contributed by atoms with Gasteiger partial charge in [-0.3, -0.25) is 0 Å². The van der Waals surface area contributed by atoms with Crippen molar-refractivity contribution < 1.29 is 24.5 Å². The van der Waals surface area contributed by atoms with E-state index in [1.54, 1.807) is 17.4 Å². The van der Waals surface area contributed by atoms with Gasteiger partial charge in [-0.1, -0.05) is 48.8 Å². The maximum Gasteiger partial charge on any atom is 0 e. The quantitative estimate of drug-likeness (QED) is 0.123. The number of aromatic nitrogens is 2. The normalized spacial score (nSPS) is 13.2. The minimum Gasteiger partial charge on any atom is 0 e. The molecular weight excluding hydrogens is 860 g/mol. The average Bonchev–Trinajstić information content (AvgIpc) is 3.77. The zero-order valence-corrected chi connectivity index (χ0v) is 33.4. The summed E-state index contributed by atoms with van der Waals surface area (Å²) in [4.78, 5) is 9.27. The Bertz CT molecular complexity index is 2170. The molecule has 0 saturated heterocycles. The van der Waals surface area contributed by atoms with E-state index in [0.717, 1.165) is 49.6 Å². The number of pyridine rings is 2. The summed E-state index contributed by atoms with van der Waals surface area (Å²) < 4.78 is 17.9. The van der Waals surface area contributed by atoms with Crippen LogP contribution >= 0.6 is 11.3 Å². The number of benzene rings is 4. The molecule has 0 amide bonds. The van der Waals surface area contributed by atoms with E-state index in [0.29, 0.717) is 5.39 Å². The molecule has 1 fully saturated rings. The molecule has 0 aliphatic heterocycles.